The number of hydrogen-bond donors (Lipinski definition) is 0. The maximum Gasteiger partial charge on any atom is 0.207 e. The zero-order valence-electron chi connectivity index (χ0n) is 12.3. The second kappa shape index (κ2) is 11.3. The first-order chi connectivity index (χ1) is 9.15. The van der Waals surface area contributed by atoms with E-state index in [4.69, 9.17) is 0 Å². The Morgan fingerprint density at radius 1 is 0.850 bits per heavy atom. The molecule has 1 aromatic rings. The zero-order valence-corrected chi connectivity index (χ0v) is 17.8. The van der Waals surface area contributed by atoms with Crippen molar-refractivity contribution in [1.29, 1.82) is 0 Å². The second-order valence-electron chi connectivity index (χ2n) is 3.68. The van der Waals surface area contributed by atoms with Gasteiger partial charge in [0.05, 0.1) is 0 Å². The maximum absolute atomic E-state index is 2.24. The van der Waals surface area contributed by atoms with Crippen LogP contribution >= 0.6 is 47.0 Å². The number of nitrogens with zero attached hydrogens (tertiary/aromatic N) is 1. The van der Waals surface area contributed by atoms with Gasteiger partial charge in [-0.1, -0.05) is 0 Å². The molecule has 0 aliphatic rings. The fraction of sp³-hybridized carbons (Fsp3) is 0.357. The topological polar surface area (TPSA) is 3.88 Å². The number of rotatable bonds is 6. The summed E-state index contributed by atoms with van der Waals surface area (Å²) in [5.41, 5.74) is 2.46. The average Bonchev–Trinajstić information content (AvgIpc) is 2.45. The lowest BCUT2D eigenvalue weighted by molar-refractivity contribution is -0.675. The minimum atomic E-state index is 0. The van der Waals surface area contributed by atoms with E-state index in [1.807, 2.05) is 0 Å². The highest BCUT2D eigenvalue weighted by Gasteiger charge is 2.10. The summed E-state index contributed by atoms with van der Waals surface area (Å²) >= 11 is 7.16. The lowest BCUT2D eigenvalue weighted by Crippen LogP contribution is -3.00. The van der Waals surface area contributed by atoms with Gasteiger partial charge in [0.15, 0.2) is 0 Å². The van der Waals surface area contributed by atoms with Gasteiger partial charge in [-0.2, -0.15) is 4.57 Å². The molecule has 0 unspecified atom stereocenters. The zero-order chi connectivity index (χ0) is 14.3. The lowest BCUT2D eigenvalue weighted by atomic mass is 10.2. The summed E-state index contributed by atoms with van der Waals surface area (Å²) in [5.74, 6) is 0. The molecule has 0 aliphatic carbocycles. The van der Waals surface area contributed by atoms with Crippen LogP contribution in [0.3, 0.4) is 0 Å². The first kappa shape index (κ1) is 20.8. The van der Waals surface area contributed by atoms with E-state index in [-0.39, 0.29) is 24.0 Å². The Morgan fingerprint density at radius 2 is 1.20 bits per heavy atom. The Hall–Kier alpha value is 0.760. The third kappa shape index (κ3) is 6.25. The predicted molar refractivity (Wildman–Crippen MR) is 97.6 cm³/mol. The highest BCUT2D eigenvalue weighted by molar-refractivity contribution is 8.22. The molecule has 0 radical (unpaired) electrons. The average molecular weight is 457 g/mol. The van der Waals surface area contributed by atoms with Crippen LogP contribution in [0.1, 0.15) is 11.4 Å². The van der Waals surface area contributed by atoms with Crippen LogP contribution in [-0.2, 0) is 7.05 Å². The van der Waals surface area contributed by atoms with E-state index in [1.54, 1.807) is 47.0 Å². The van der Waals surface area contributed by atoms with Crippen LogP contribution in [0.4, 0.5) is 0 Å². The maximum atomic E-state index is 2.24. The summed E-state index contributed by atoms with van der Waals surface area (Å²) in [6.45, 7) is 0. The van der Waals surface area contributed by atoms with Crippen molar-refractivity contribution >= 4 is 59.2 Å². The largest absolute Gasteiger partial charge is 1.00 e. The molecule has 0 atom stereocenters. The molecule has 6 heteroatoms. The van der Waals surface area contributed by atoms with Gasteiger partial charge in [0.2, 0.25) is 11.4 Å². The number of hydrogen-bond acceptors (Lipinski definition) is 4. The molecule has 0 bridgehead atoms. The molecule has 1 heterocycles. The van der Waals surface area contributed by atoms with Crippen LogP contribution < -0.4 is 28.5 Å². The number of aromatic nitrogens is 1. The molecule has 112 valence electrons. The first-order valence-electron chi connectivity index (χ1n) is 5.74. The van der Waals surface area contributed by atoms with Crippen LogP contribution in [0, 0.1) is 0 Å². The van der Waals surface area contributed by atoms with Crippen molar-refractivity contribution in [3.63, 3.8) is 0 Å². The van der Waals surface area contributed by atoms with Crippen molar-refractivity contribution in [3.05, 3.63) is 38.1 Å². The van der Waals surface area contributed by atoms with Gasteiger partial charge < -0.3 is 24.0 Å². The minimum absolute atomic E-state index is 0. The normalized spacial score (nSPS) is 9.65. The SMILES string of the molecule is CSC(=Cc1cccc(C=C(SC)SC)[n+]1C)SC.[I-]. The smallest absolute Gasteiger partial charge is 0.207 e. The van der Waals surface area contributed by atoms with Gasteiger partial charge >= 0.3 is 0 Å². The Morgan fingerprint density at radius 3 is 1.50 bits per heavy atom. The number of halogens is 1. The summed E-state index contributed by atoms with van der Waals surface area (Å²) in [4.78, 5) is 0. The van der Waals surface area contributed by atoms with Crippen molar-refractivity contribution in [2.75, 3.05) is 25.0 Å². The van der Waals surface area contributed by atoms with E-state index < -0.39 is 0 Å². The molecule has 0 aliphatic heterocycles. The van der Waals surface area contributed by atoms with Crippen molar-refractivity contribution < 1.29 is 28.5 Å². The highest BCUT2D eigenvalue weighted by atomic mass is 127. The van der Waals surface area contributed by atoms with Gasteiger partial charge in [0.1, 0.15) is 7.05 Å². The molecule has 0 aromatic carbocycles. The van der Waals surface area contributed by atoms with Gasteiger partial charge in [-0.05, 0) is 31.1 Å². The summed E-state index contributed by atoms with van der Waals surface area (Å²) in [6.07, 6.45) is 12.9. The fourth-order valence-corrected chi connectivity index (χ4v) is 3.84. The monoisotopic (exact) mass is 457 g/mol. The molecule has 0 amide bonds. The molecule has 1 aromatic heterocycles. The fourth-order valence-electron chi connectivity index (χ4n) is 1.55. The van der Waals surface area contributed by atoms with Gasteiger partial charge in [-0.25, -0.2) is 0 Å². The van der Waals surface area contributed by atoms with E-state index in [9.17, 15) is 0 Å². The highest BCUT2D eigenvalue weighted by Crippen LogP contribution is 2.27. The summed E-state index contributed by atoms with van der Waals surface area (Å²) < 4.78 is 4.89. The molecule has 0 saturated heterocycles. The lowest BCUT2D eigenvalue weighted by Gasteiger charge is -2.03. The quantitative estimate of drug-likeness (QED) is 0.471. The van der Waals surface area contributed by atoms with Crippen molar-refractivity contribution in [2.24, 2.45) is 7.05 Å². The molecular weight excluding hydrogens is 437 g/mol. The Balaban J connectivity index is 0.00000361. The second-order valence-corrected chi connectivity index (χ2v) is 7.59. The first-order valence-corrected chi connectivity index (χ1v) is 10.6. The molecule has 0 saturated carbocycles. The Kier molecular flexibility index (Phi) is 11.8. The predicted octanol–water partition coefficient (Wildman–Crippen LogP) is 1.56. The number of thioether (sulfide) groups is 4. The van der Waals surface area contributed by atoms with Gasteiger partial charge in [-0.15, -0.1) is 47.0 Å². The van der Waals surface area contributed by atoms with Gasteiger partial charge in [0.25, 0.3) is 0 Å². The van der Waals surface area contributed by atoms with Crippen LogP contribution in [0.2, 0.25) is 0 Å². The van der Waals surface area contributed by atoms with Crippen LogP contribution in [0.5, 0.6) is 0 Å². The molecular formula is C14H20INS4. The van der Waals surface area contributed by atoms with E-state index in [1.165, 1.54) is 19.9 Å². The van der Waals surface area contributed by atoms with Gasteiger partial charge in [0, 0.05) is 32.8 Å². The summed E-state index contributed by atoms with van der Waals surface area (Å²) in [5, 5.41) is 0. The molecule has 20 heavy (non-hydrogen) atoms. The summed E-state index contributed by atoms with van der Waals surface area (Å²) in [6, 6.07) is 6.43. The Bertz CT molecular complexity index is 434. The molecule has 1 rings (SSSR count). The van der Waals surface area contributed by atoms with E-state index in [0.29, 0.717) is 0 Å². The minimum Gasteiger partial charge on any atom is -1.00 e. The molecule has 0 spiro atoms. The Labute approximate surface area is 156 Å². The summed E-state index contributed by atoms with van der Waals surface area (Å²) in [7, 11) is 2.12. The van der Waals surface area contributed by atoms with Crippen LogP contribution in [0.25, 0.3) is 12.2 Å². The van der Waals surface area contributed by atoms with Crippen molar-refractivity contribution in [2.45, 2.75) is 0 Å². The van der Waals surface area contributed by atoms with E-state index in [0.717, 1.165) is 0 Å². The molecule has 1 nitrogen and oxygen atoms in total. The van der Waals surface area contributed by atoms with Crippen LogP contribution in [0.15, 0.2) is 26.7 Å². The van der Waals surface area contributed by atoms with E-state index in [2.05, 4.69) is 67.0 Å². The molecule has 0 fully saturated rings. The third-order valence-corrected chi connectivity index (χ3v) is 6.73. The standard InChI is InChI=1S/C14H20NS4.HI/c1-15-11(9-13(16-2)17-3)7-6-8-12(15)10-14(18-4)19-5;/h6-10H,1-5H3;1H/q+1;/p-1. The third-order valence-electron chi connectivity index (χ3n) is 2.64. The number of pyridine rings is 1. The van der Waals surface area contributed by atoms with Crippen molar-refractivity contribution in [3.8, 4) is 0 Å². The molecule has 0 N–H and O–H groups in total. The van der Waals surface area contributed by atoms with Crippen LogP contribution in [-0.4, -0.2) is 25.0 Å². The van der Waals surface area contributed by atoms with Gasteiger partial charge in [-0.3, -0.25) is 0 Å². The van der Waals surface area contributed by atoms with E-state index >= 15 is 0 Å². The van der Waals surface area contributed by atoms with Crippen molar-refractivity contribution in [1.82, 2.24) is 0 Å².